The van der Waals surface area contributed by atoms with Crippen molar-refractivity contribution < 1.29 is 4.74 Å². The van der Waals surface area contributed by atoms with Crippen LogP contribution in [0.2, 0.25) is 0 Å². The molecule has 3 aliphatic rings. The summed E-state index contributed by atoms with van der Waals surface area (Å²) < 4.78 is 5.56. The first-order valence-electron chi connectivity index (χ1n) is 7.83. The minimum atomic E-state index is 0.588. The molecule has 104 valence electrons. The van der Waals surface area contributed by atoms with Crippen molar-refractivity contribution in [2.45, 2.75) is 45.1 Å². The SMILES string of the molecule is CC1N(CC2CCNCC2)CCC12CCOCC2. The van der Waals surface area contributed by atoms with Gasteiger partial charge < -0.3 is 10.1 Å². The quantitative estimate of drug-likeness (QED) is 0.812. The standard InChI is InChI=1S/C15H28N2O/c1-13-15(5-10-18-11-6-15)4-9-17(13)12-14-2-7-16-8-3-14/h13-14,16H,2-12H2,1H3. The Morgan fingerprint density at radius 2 is 1.89 bits per heavy atom. The summed E-state index contributed by atoms with van der Waals surface area (Å²) >= 11 is 0. The van der Waals surface area contributed by atoms with E-state index in [0.717, 1.165) is 25.2 Å². The van der Waals surface area contributed by atoms with Crippen LogP contribution in [0, 0.1) is 11.3 Å². The minimum Gasteiger partial charge on any atom is -0.381 e. The molecule has 0 saturated carbocycles. The summed E-state index contributed by atoms with van der Waals surface area (Å²) in [4.78, 5) is 2.78. The van der Waals surface area contributed by atoms with Gasteiger partial charge in [0.1, 0.15) is 0 Å². The van der Waals surface area contributed by atoms with Gasteiger partial charge in [-0.1, -0.05) is 0 Å². The van der Waals surface area contributed by atoms with Gasteiger partial charge in [0.2, 0.25) is 0 Å². The maximum atomic E-state index is 5.56. The number of likely N-dealkylation sites (tertiary alicyclic amines) is 1. The van der Waals surface area contributed by atoms with E-state index in [1.165, 1.54) is 58.3 Å². The highest BCUT2D eigenvalue weighted by Gasteiger charge is 2.45. The Balaban J connectivity index is 1.57. The first-order chi connectivity index (χ1) is 8.80. The molecule has 1 N–H and O–H groups in total. The Labute approximate surface area is 111 Å². The molecule has 3 aliphatic heterocycles. The Morgan fingerprint density at radius 3 is 2.61 bits per heavy atom. The van der Waals surface area contributed by atoms with E-state index in [4.69, 9.17) is 4.74 Å². The first kappa shape index (κ1) is 12.9. The van der Waals surface area contributed by atoms with Crippen molar-refractivity contribution in [2.24, 2.45) is 11.3 Å². The fourth-order valence-electron chi connectivity index (χ4n) is 4.25. The van der Waals surface area contributed by atoms with Gasteiger partial charge in [0.15, 0.2) is 0 Å². The van der Waals surface area contributed by atoms with Gasteiger partial charge in [-0.05, 0) is 70.0 Å². The predicted octanol–water partition coefficient (Wildman–Crippen LogP) is 1.88. The van der Waals surface area contributed by atoms with Crippen LogP contribution < -0.4 is 5.32 Å². The molecule has 0 amide bonds. The lowest BCUT2D eigenvalue weighted by atomic mass is 9.74. The van der Waals surface area contributed by atoms with Crippen LogP contribution in [-0.4, -0.2) is 50.3 Å². The molecule has 0 aromatic carbocycles. The van der Waals surface area contributed by atoms with Gasteiger partial charge in [-0.2, -0.15) is 0 Å². The molecule has 3 heteroatoms. The molecule has 3 heterocycles. The summed E-state index contributed by atoms with van der Waals surface area (Å²) in [6.45, 7) is 9.57. The number of nitrogens with zero attached hydrogens (tertiary/aromatic N) is 1. The van der Waals surface area contributed by atoms with Crippen LogP contribution in [0.4, 0.5) is 0 Å². The highest BCUT2D eigenvalue weighted by Crippen LogP contribution is 2.45. The van der Waals surface area contributed by atoms with Crippen LogP contribution in [0.3, 0.4) is 0 Å². The van der Waals surface area contributed by atoms with Crippen molar-refractivity contribution in [1.29, 1.82) is 0 Å². The third-order valence-electron chi connectivity index (χ3n) is 5.77. The number of piperidine rings is 1. The van der Waals surface area contributed by atoms with E-state index >= 15 is 0 Å². The number of nitrogens with one attached hydrogen (secondary N) is 1. The summed E-state index contributed by atoms with van der Waals surface area (Å²) in [5, 5.41) is 3.47. The molecule has 3 nitrogen and oxygen atoms in total. The van der Waals surface area contributed by atoms with E-state index in [0.29, 0.717) is 5.41 Å². The Bertz CT molecular complexity index is 270. The molecular formula is C15H28N2O. The number of hydrogen-bond acceptors (Lipinski definition) is 3. The zero-order valence-electron chi connectivity index (χ0n) is 11.8. The number of hydrogen-bond donors (Lipinski definition) is 1. The Morgan fingerprint density at radius 1 is 1.17 bits per heavy atom. The van der Waals surface area contributed by atoms with E-state index in [1.807, 2.05) is 0 Å². The van der Waals surface area contributed by atoms with Crippen LogP contribution in [0.25, 0.3) is 0 Å². The molecule has 0 aliphatic carbocycles. The van der Waals surface area contributed by atoms with Crippen LogP contribution >= 0.6 is 0 Å². The van der Waals surface area contributed by atoms with Crippen LogP contribution in [0.15, 0.2) is 0 Å². The fraction of sp³-hybridized carbons (Fsp3) is 1.00. The summed E-state index contributed by atoms with van der Waals surface area (Å²) in [6, 6.07) is 0.774. The van der Waals surface area contributed by atoms with E-state index in [9.17, 15) is 0 Å². The van der Waals surface area contributed by atoms with Gasteiger partial charge >= 0.3 is 0 Å². The molecule has 1 atom stereocenters. The first-order valence-corrected chi connectivity index (χ1v) is 7.83. The summed E-state index contributed by atoms with van der Waals surface area (Å²) in [5.41, 5.74) is 0.588. The van der Waals surface area contributed by atoms with E-state index < -0.39 is 0 Å². The minimum absolute atomic E-state index is 0.588. The van der Waals surface area contributed by atoms with Crippen molar-refractivity contribution in [1.82, 2.24) is 10.2 Å². The van der Waals surface area contributed by atoms with Crippen LogP contribution in [0.1, 0.15) is 39.0 Å². The largest absolute Gasteiger partial charge is 0.381 e. The van der Waals surface area contributed by atoms with Gasteiger partial charge in [0.05, 0.1) is 0 Å². The molecule has 1 unspecified atom stereocenters. The Kier molecular flexibility index (Phi) is 3.92. The third kappa shape index (κ3) is 2.45. The lowest BCUT2D eigenvalue weighted by Crippen LogP contribution is -2.43. The molecule has 0 bridgehead atoms. The number of rotatable bonds is 2. The average Bonchev–Trinajstić information content (AvgIpc) is 2.71. The molecular weight excluding hydrogens is 224 g/mol. The molecule has 0 radical (unpaired) electrons. The van der Waals surface area contributed by atoms with Gasteiger partial charge in [0.25, 0.3) is 0 Å². The second-order valence-electron chi connectivity index (χ2n) is 6.59. The highest BCUT2D eigenvalue weighted by atomic mass is 16.5. The molecule has 1 spiro atoms. The maximum Gasteiger partial charge on any atom is 0.0471 e. The lowest BCUT2D eigenvalue weighted by Gasteiger charge is -2.40. The van der Waals surface area contributed by atoms with Crippen molar-refractivity contribution >= 4 is 0 Å². The van der Waals surface area contributed by atoms with Gasteiger partial charge in [0, 0.05) is 25.8 Å². The lowest BCUT2D eigenvalue weighted by molar-refractivity contribution is -0.00257. The van der Waals surface area contributed by atoms with Gasteiger partial charge in [-0.3, -0.25) is 4.90 Å². The third-order valence-corrected chi connectivity index (χ3v) is 5.77. The summed E-state index contributed by atoms with van der Waals surface area (Å²) in [7, 11) is 0. The van der Waals surface area contributed by atoms with E-state index in [-0.39, 0.29) is 0 Å². The molecule has 0 aromatic rings. The second-order valence-corrected chi connectivity index (χ2v) is 6.59. The Hall–Kier alpha value is -0.120. The van der Waals surface area contributed by atoms with E-state index in [2.05, 4.69) is 17.1 Å². The van der Waals surface area contributed by atoms with Gasteiger partial charge in [-0.25, -0.2) is 0 Å². The topological polar surface area (TPSA) is 24.5 Å². The smallest absolute Gasteiger partial charge is 0.0471 e. The van der Waals surface area contributed by atoms with Crippen molar-refractivity contribution in [3.63, 3.8) is 0 Å². The van der Waals surface area contributed by atoms with Crippen molar-refractivity contribution in [2.75, 3.05) is 39.4 Å². The second kappa shape index (κ2) is 5.48. The molecule has 3 fully saturated rings. The van der Waals surface area contributed by atoms with Crippen molar-refractivity contribution in [3.05, 3.63) is 0 Å². The fourth-order valence-corrected chi connectivity index (χ4v) is 4.25. The zero-order valence-corrected chi connectivity index (χ0v) is 11.8. The molecule has 3 saturated heterocycles. The van der Waals surface area contributed by atoms with Crippen molar-refractivity contribution in [3.8, 4) is 0 Å². The van der Waals surface area contributed by atoms with Crippen LogP contribution in [-0.2, 0) is 4.74 Å². The van der Waals surface area contributed by atoms with Gasteiger partial charge in [-0.15, -0.1) is 0 Å². The summed E-state index contributed by atoms with van der Waals surface area (Å²) in [5.74, 6) is 0.934. The normalized spacial score (nSPS) is 34.2. The average molecular weight is 252 g/mol. The highest BCUT2D eigenvalue weighted by molar-refractivity contribution is 4.98. The summed E-state index contributed by atoms with van der Waals surface area (Å²) in [6.07, 6.45) is 6.73. The number of ether oxygens (including phenoxy) is 1. The molecule has 18 heavy (non-hydrogen) atoms. The predicted molar refractivity (Wildman–Crippen MR) is 73.7 cm³/mol. The maximum absolute atomic E-state index is 5.56. The van der Waals surface area contributed by atoms with Crippen LogP contribution in [0.5, 0.6) is 0 Å². The molecule has 0 aromatic heterocycles. The monoisotopic (exact) mass is 252 g/mol. The molecule has 3 rings (SSSR count). The van der Waals surface area contributed by atoms with E-state index in [1.54, 1.807) is 0 Å². The zero-order chi connectivity index (χ0) is 12.4.